The number of pyridine rings is 1. The third-order valence-corrected chi connectivity index (χ3v) is 5.87. The molecule has 1 fully saturated rings. The highest BCUT2D eigenvalue weighted by Crippen LogP contribution is 2.35. The van der Waals surface area contributed by atoms with Crippen molar-refractivity contribution in [2.45, 2.75) is 18.9 Å². The number of fused-ring (bicyclic) bond motifs is 1. The van der Waals surface area contributed by atoms with Crippen LogP contribution in [0.15, 0.2) is 53.3 Å². The Hall–Kier alpha value is -2.01. The average Bonchev–Trinajstić information content (AvgIpc) is 2.64. The van der Waals surface area contributed by atoms with Crippen LogP contribution in [0.3, 0.4) is 0 Å². The van der Waals surface area contributed by atoms with Crippen LogP contribution in [0.5, 0.6) is 0 Å². The van der Waals surface area contributed by atoms with Gasteiger partial charge in [-0.3, -0.25) is 9.69 Å². The molecule has 27 heavy (non-hydrogen) atoms. The Morgan fingerprint density at radius 1 is 1.11 bits per heavy atom. The molecule has 140 valence electrons. The van der Waals surface area contributed by atoms with E-state index < -0.39 is 0 Å². The van der Waals surface area contributed by atoms with E-state index in [2.05, 4.69) is 21.3 Å². The fraction of sp³-hybridized carbons (Fsp3) is 0.286. The number of rotatable bonds is 6. The number of aromatic nitrogens is 1. The monoisotopic (exact) mass is 401 g/mol. The molecule has 2 heterocycles. The van der Waals surface area contributed by atoms with Crippen molar-refractivity contribution in [3.05, 3.63) is 74.4 Å². The van der Waals surface area contributed by atoms with Crippen LogP contribution in [-0.2, 0) is 0 Å². The molecule has 0 spiro atoms. The number of anilines is 1. The first-order valence-corrected chi connectivity index (χ1v) is 9.92. The van der Waals surface area contributed by atoms with Crippen molar-refractivity contribution in [2.75, 3.05) is 25.0 Å². The molecule has 0 saturated carbocycles. The summed E-state index contributed by atoms with van der Waals surface area (Å²) in [7, 11) is 0. The molecule has 0 bridgehead atoms. The zero-order valence-corrected chi connectivity index (χ0v) is 16.4. The van der Waals surface area contributed by atoms with Gasteiger partial charge in [-0.2, -0.15) is 0 Å². The van der Waals surface area contributed by atoms with E-state index in [1.165, 1.54) is 5.56 Å². The molecule has 1 atom stereocenters. The summed E-state index contributed by atoms with van der Waals surface area (Å²) in [5.41, 5.74) is 2.12. The second-order valence-corrected chi connectivity index (χ2v) is 7.70. The molecule has 2 aromatic carbocycles. The number of halogens is 2. The minimum absolute atomic E-state index is 0.0364. The van der Waals surface area contributed by atoms with Gasteiger partial charge in [0.2, 0.25) is 0 Å². The number of para-hydroxylation sites is 1. The van der Waals surface area contributed by atoms with Crippen LogP contribution in [0.4, 0.5) is 5.82 Å². The highest BCUT2D eigenvalue weighted by atomic mass is 35.5. The Morgan fingerprint density at radius 2 is 1.96 bits per heavy atom. The second kappa shape index (κ2) is 7.93. The van der Waals surface area contributed by atoms with Crippen molar-refractivity contribution >= 4 is 39.9 Å². The standard InChI is InChI=1S/C21H21Cl2N3O/c22-16-7-6-14(12-17(16)23)19-8-11-26(19)10-3-9-24-21-13-20(27)15-4-1-2-5-18(15)25-21/h1-2,4-7,12-13,19H,3,8-11H2,(H2,24,25,27). The van der Waals surface area contributed by atoms with Gasteiger partial charge in [0.25, 0.3) is 0 Å². The smallest absolute Gasteiger partial charge is 0.191 e. The van der Waals surface area contributed by atoms with Crippen molar-refractivity contribution in [1.29, 1.82) is 0 Å². The second-order valence-electron chi connectivity index (χ2n) is 6.89. The van der Waals surface area contributed by atoms with Gasteiger partial charge < -0.3 is 10.3 Å². The average molecular weight is 402 g/mol. The molecule has 1 aliphatic heterocycles. The number of nitrogens with zero attached hydrogens (tertiary/aromatic N) is 1. The van der Waals surface area contributed by atoms with Gasteiger partial charge in [0.05, 0.1) is 15.6 Å². The van der Waals surface area contributed by atoms with E-state index in [0.29, 0.717) is 21.5 Å². The molecule has 6 heteroatoms. The van der Waals surface area contributed by atoms with Crippen molar-refractivity contribution in [3.8, 4) is 0 Å². The van der Waals surface area contributed by atoms with E-state index >= 15 is 0 Å². The molecule has 3 aromatic rings. The van der Waals surface area contributed by atoms with E-state index in [1.807, 2.05) is 36.4 Å². The zero-order valence-electron chi connectivity index (χ0n) is 14.8. The summed E-state index contributed by atoms with van der Waals surface area (Å²) in [5.74, 6) is 0.767. The van der Waals surface area contributed by atoms with Gasteiger partial charge in [-0.15, -0.1) is 0 Å². The molecular weight excluding hydrogens is 381 g/mol. The van der Waals surface area contributed by atoms with E-state index in [1.54, 1.807) is 6.07 Å². The van der Waals surface area contributed by atoms with Crippen molar-refractivity contribution in [2.24, 2.45) is 0 Å². The fourth-order valence-electron chi connectivity index (χ4n) is 3.60. The van der Waals surface area contributed by atoms with Crippen LogP contribution in [-0.4, -0.2) is 29.5 Å². The highest BCUT2D eigenvalue weighted by Gasteiger charge is 2.28. The fourth-order valence-corrected chi connectivity index (χ4v) is 3.91. The molecule has 1 saturated heterocycles. The van der Waals surface area contributed by atoms with E-state index in [9.17, 15) is 4.79 Å². The molecule has 4 rings (SSSR count). The Bertz CT molecular complexity index is 1020. The summed E-state index contributed by atoms with van der Waals surface area (Å²) in [6.07, 6.45) is 2.13. The number of hydrogen-bond acceptors (Lipinski definition) is 3. The van der Waals surface area contributed by atoms with Gasteiger partial charge >= 0.3 is 0 Å². The zero-order chi connectivity index (χ0) is 18.8. The number of aromatic amines is 1. The van der Waals surface area contributed by atoms with Crippen LogP contribution in [0, 0.1) is 0 Å². The Labute approximate surface area is 168 Å². The van der Waals surface area contributed by atoms with Gasteiger partial charge in [-0.1, -0.05) is 41.4 Å². The maximum atomic E-state index is 12.2. The van der Waals surface area contributed by atoms with Gasteiger partial charge in [-0.05, 0) is 42.7 Å². The molecule has 1 aliphatic rings. The molecule has 2 N–H and O–H groups in total. The summed E-state index contributed by atoms with van der Waals surface area (Å²) in [5, 5.41) is 5.26. The first kappa shape index (κ1) is 18.4. The molecule has 0 aliphatic carbocycles. The predicted octanol–water partition coefficient (Wildman–Crippen LogP) is 5.08. The van der Waals surface area contributed by atoms with Crippen molar-refractivity contribution in [3.63, 3.8) is 0 Å². The quantitative estimate of drug-likeness (QED) is 0.565. The largest absolute Gasteiger partial charge is 0.371 e. The molecule has 4 nitrogen and oxygen atoms in total. The summed E-state index contributed by atoms with van der Waals surface area (Å²) in [6.45, 7) is 2.90. The lowest BCUT2D eigenvalue weighted by Gasteiger charge is -2.41. The van der Waals surface area contributed by atoms with Crippen LogP contribution in [0.1, 0.15) is 24.4 Å². The highest BCUT2D eigenvalue weighted by molar-refractivity contribution is 6.42. The van der Waals surface area contributed by atoms with E-state index in [4.69, 9.17) is 23.2 Å². The van der Waals surface area contributed by atoms with Crippen LogP contribution in [0.2, 0.25) is 10.0 Å². The summed E-state index contributed by atoms with van der Waals surface area (Å²) in [4.78, 5) is 17.9. The third kappa shape index (κ3) is 3.98. The molecule has 1 aromatic heterocycles. The first-order valence-electron chi connectivity index (χ1n) is 9.17. The first-order chi connectivity index (χ1) is 13.1. The van der Waals surface area contributed by atoms with E-state index in [-0.39, 0.29) is 5.43 Å². The number of likely N-dealkylation sites (tertiary alicyclic amines) is 1. The van der Waals surface area contributed by atoms with Crippen LogP contribution < -0.4 is 10.7 Å². The van der Waals surface area contributed by atoms with Gasteiger partial charge in [-0.25, -0.2) is 0 Å². The van der Waals surface area contributed by atoms with Crippen LogP contribution in [0.25, 0.3) is 10.9 Å². The minimum atomic E-state index is 0.0364. The number of benzene rings is 2. The maximum absolute atomic E-state index is 12.2. The molecule has 0 amide bonds. The summed E-state index contributed by atoms with van der Waals surface area (Å²) in [6, 6.07) is 15.5. The van der Waals surface area contributed by atoms with Gasteiger partial charge in [0.1, 0.15) is 5.82 Å². The lowest BCUT2D eigenvalue weighted by molar-refractivity contribution is 0.0906. The van der Waals surface area contributed by atoms with E-state index in [0.717, 1.165) is 43.8 Å². The molecule has 0 radical (unpaired) electrons. The SMILES string of the molecule is O=c1cc(NCCCN2CCC2c2ccc(Cl)c(Cl)c2)[nH]c2ccccc12. The number of H-pyrrole nitrogens is 1. The molecular formula is C21H21Cl2N3O. The Balaban J connectivity index is 1.31. The maximum Gasteiger partial charge on any atom is 0.191 e. The third-order valence-electron chi connectivity index (χ3n) is 5.13. The number of nitrogens with one attached hydrogen (secondary N) is 2. The normalized spacial score (nSPS) is 17.0. The Morgan fingerprint density at radius 3 is 2.74 bits per heavy atom. The van der Waals surface area contributed by atoms with Crippen molar-refractivity contribution < 1.29 is 0 Å². The lowest BCUT2D eigenvalue weighted by Crippen LogP contribution is -2.41. The Kier molecular flexibility index (Phi) is 5.39. The summed E-state index contributed by atoms with van der Waals surface area (Å²) >= 11 is 12.2. The lowest BCUT2D eigenvalue weighted by atomic mass is 9.94. The molecule has 1 unspecified atom stereocenters. The minimum Gasteiger partial charge on any atom is -0.371 e. The summed E-state index contributed by atoms with van der Waals surface area (Å²) < 4.78 is 0. The van der Waals surface area contributed by atoms with Gasteiger partial charge in [0.15, 0.2) is 5.43 Å². The topological polar surface area (TPSA) is 48.1 Å². The van der Waals surface area contributed by atoms with Gasteiger partial charge in [0, 0.05) is 37.1 Å². The number of hydrogen-bond donors (Lipinski definition) is 2. The van der Waals surface area contributed by atoms with Crippen molar-refractivity contribution in [1.82, 2.24) is 9.88 Å². The van der Waals surface area contributed by atoms with Crippen LogP contribution >= 0.6 is 23.2 Å². The predicted molar refractivity (Wildman–Crippen MR) is 113 cm³/mol.